The van der Waals surface area contributed by atoms with Crippen molar-refractivity contribution in [3.05, 3.63) is 35.6 Å². The Balaban J connectivity index is 2.19. The van der Waals surface area contributed by atoms with Gasteiger partial charge in [-0.1, -0.05) is 31.2 Å². The van der Waals surface area contributed by atoms with Gasteiger partial charge >= 0.3 is 0 Å². The molecule has 2 rings (SSSR count). The Morgan fingerprint density at radius 2 is 2.31 bits per heavy atom. The molecular weight excluding hydrogens is 176 g/mol. The minimum absolute atomic E-state index is 0.952. The molecule has 1 aliphatic carbocycles. The molecule has 0 saturated carbocycles. The van der Waals surface area contributed by atoms with Crippen molar-refractivity contribution in [2.24, 2.45) is 0 Å². The molecular formula is C11H16OSi. The zero-order valence-corrected chi connectivity index (χ0v) is 9.18. The summed E-state index contributed by atoms with van der Waals surface area (Å²) in [7, 11) is -1.57. The van der Waals surface area contributed by atoms with Crippen LogP contribution in [-0.2, 0) is 4.43 Å². The summed E-state index contributed by atoms with van der Waals surface area (Å²) >= 11 is 0. The lowest BCUT2D eigenvalue weighted by molar-refractivity contribution is 0.277. The molecule has 1 saturated heterocycles. The maximum Gasteiger partial charge on any atom is 0.221 e. The summed E-state index contributed by atoms with van der Waals surface area (Å²) in [6.45, 7) is 7.32. The summed E-state index contributed by atoms with van der Waals surface area (Å²) in [6, 6.07) is 1.26. The second kappa shape index (κ2) is 3.27. The van der Waals surface area contributed by atoms with Crippen molar-refractivity contribution >= 4 is 8.32 Å². The first kappa shape index (κ1) is 8.97. The van der Waals surface area contributed by atoms with Crippen LogP contribution in [0.3, 0.4) is 0 Å². The standard InChI is InChI=1S/C11H16OSi/c1-10-6-5-7-11(10)13(2)9-4-3-8-12-13/h5-7H,1,3-4,8-9H2,2H3. The summed E-state index contributed by atoms with van der Waals surface area (Å²) < 4.78 is 5.99. The van der Waals surface area contributed by atoms with Gasteiger partial charge in [-0.3, -0.25) is 0 Å². The lowest BCUT2D eigenvalue weighted by Crippen LogP contribution is -2.40. The molecule has 13 heavy (non-hydrogen) atoms. The van der Waals surface area contributed by atoms with E-state index in [0.717, 1.165) is 6.61 Å². The fourth-order valence-electron chi connectivity index (χ4n) is 2.12. The number of hydrogen-bond acceptors (Lipinski definition) is 1. The topological polar surface area (TPSA) is 9.23 Å². The van der Waals surface area contributed by atoms with Gasteiger partial charge in [0.15, 0.2) is 0 Å². The van der Waals surface area contributed by atoms with Gasteiger partial charge in [0.1, 0.15) is 0 Å². The third-order valence-electron chi connectivity index (χ3n) is 2.94. The lowest BCUT2D eigenvalue weighted by atomic mass is 10.3. The Morgan fingerprint density at radius 3 is 2.85 bits per heavy atom. The van der Waals surface area contributed by atoms with E-state index in [1.807, 2.05) is 0 Å². The van der Waals surface area contributed by atoms with E-state index < -0.39 is 8.32 Å². The lowest BCUT2D eigenvalue weighted by Gasteiger charge is -2.33. The highest BCUT2D eigenvalue weighted by Crippen LogP contribution is 2.34. The average Bonchev–Trinajstić information content (AvgIpc) is 2.53. The predicted molar refractivity (Wildman–Crippen MR) is 58.0 cm³/mol. The van der Waals surface area contributed by atoms with Crippen LogP contribution in [0.5, 0.6) is 0 Å². The molecule has 70 valence electrons. The summed E-state index contributed by atoms with van der Waals surface area (Å²) in [5.41, 5.74) is 1.18. The van der Waals surface area contributed by atoms with Crippen LogP contribution in [0.15, 0.2) is 35.6 Å². The minimum Gasteiger partial charge on any atom is -0.413 e. The van der Waals surface area contributed by atoms with Gasteiger partial charge in [-0.05, 0) is 29.8 Å². The molecule has 1 unspecified atom stereocenters. The van der Waals surface area contributed by atoms with E-state index in [-0.39, 0.29) is 0 Å². The summed E-state index contributed by atoms with van der Waals surface area (Å²) in [6.07, 6.45) is 8.93. The molecule has 0 amide bonds. The Hall–Kier alpha value is -0.603. The first-order valence-corrected chi connectivity index (χ1v) is 7.56. The van der Waals surface area contributed by atoms with Crippen molar-refractivity contribution < 1.29 is 4.43 Å². The van der Waals surface area contributed by atoms with Gasteiger partial charge in [0.2, 0.25) is 8.32 Å². The van der Waals surface area contributed by atoms with Crippen LogP contribution < -0.4 is 0 Å². The third-order valence-corrected chi connectivity index (χ3v) is 6.72. The molecule has 1 nitrogen and oxygen atoms in total. The Morgan fingerprint density at radius 1 is 1.46 bits per heavy atom. The molecule has 2 heteroatoms. The van der Waals surface area contributed by atoms with Crippen LogP contribution in [0, 0.1) is 0 Å². The largest absolute Gasteiger partial charge is 0.413 e. The molecule has 0 aromatic carbocycles. The zero-order valence-electron chi connectivity index (χ0n) is 8.18. The highest BCUT2D eigenvalue weighted by atomic mass is 28.4. The van der Waals surface area contributed by atoms with Crippen LogP contribution in [0.2, 0.25) is 12.6 Å². The van der Waals surface area contributed by atoms with Crippen LogP contribution in [0.25, 0.3) is 0 Å². The third kappa shape index (κ3) is 1.56. The highest BCUT2D eigenvalue weighted by molar-refractivity contribution is 6.81. The van der Waals surface area contributed by atoms with Crippen molar-refractivity contribution in [1.29, 1.82) is 0 Å². The molecule has 0 aromatic heterocycles. The molecule has 2 aliphatic rings. The first-order valence-electron chi connectivity index (χ1n) is 4.94. The van der Waals surface area contributed by atoms with E-state index in [9.17, 15) is 0 Å². The highest BCUT2D eigenvalue weighted by Gasteiger charge is 2.36. The molecule has 0 aromatic rings. The molecule has 0 bridgehead atoms. The van der Waals surface area contributed by atoms with Crippen molar-refractivity contribution in [3.8, 4) is 0 Å². The van der Waals surface area contributed by atoms with E-state index in [2.05, 4.69) is 31.4 Å². The van der Waals surface area contributed by atoms with E-state index in [1.54, 1.807) is 0 Å². The van der Waals surface area contributed by atoms with Crippen molar-refractivity contribution in [2.45, 2.75) is 25.4 Å². The average molecular weight is 192 g/mol. The van der Waals surface area contributed by atoms with Gasteiger partial charge in [0.05, 0.1) is 0 Å². The molecule has 1 heterocycles. The van der Waals surface area contributed by atoms with E-state index in [4.69, 9.17) is 4.43 Å². The summed E-state index contributed by atoms with van der Waals surface area (Å²) in [5, 5.41) is 1.41. The summed E-state index contributed by atoms with van der Waals surface area (Å²) in [5.74, 6) is 0. The van der Waals surface area contributed by atoms with Crippen LogP contribution in [0.1, 0.15) is 12.8 Å². The fourth-order valence-corrected chi connectivity index (χ4v) is 5.42. The van der Waals surface area contributed by atoms with Crippen molar-refractivity contribution in [2.75, 3.05) is 6.61 Å². The van der Waals surface area contributed by atoms with Crippen LogP contribution >= 0.6 is 0 Å². The maximum atomic E-state index is 5.99. The molecule has 1 fully saturated rings. The zero-order chi connectivity index (χ0) is 9.31. The molecule has 1 atom stereocenters. The van der Waals surface area contributed by atoms with Gasteiger partial charge < -0.3 is 4.43 Å². The summed E-state index contributed by atoms with van der Waals surface area (Å²) in [4.78, 5) is 0. The van der Waals surface area contributed by atoms with E-state index in [1.165, 1.54) is 29.7 Å². The van der Waals surface area contributed by atoms with E-state index >= 15 is 0 Å². The minimum atomic E-state index is -1.57. The monoisotopic (exact) mass is 192 g/mol. The number of rotatable bonds is 1. The second-order valence-corrected chi connectivity index (χ2v) is 7.79. The molecule has 0 spiro atoms. The molecule has 0 radical (unpaired) electrons. The van der Waals surface area contributed by atoms with Gasteiger partial charge in [-0.25, -0.2) is 0 Å². The van der Waals surface area contributed by atoms with Gasteiger partial charge in [0, 0.05) is 6.61 Å². The van der Waals surface area contributed by atoms with Gasteiger partial charge in [-0.15, -0.1) is 0 Å². The van der Waals surface area contributed by atoms with Crippen LogP contribution in [-0.4, -0.2) is 14.9 Å². The molecule has 0 N–H and O–H groups in total. The van der Waals surface area contributed by atoms with Gasteiger partial charge in [-0.2, -0.15) is 0 Å². The van der Waals surface area contributed by atoms with Crippen molar-refractivity contribution in [1.82, 2.24) is 0 Å². The SMILES string of the molecule is C=C1C=CC=C1[Si]1(C)CCCCO1. The Labute approximate surface area is 80.9 Å². The van der Waals surface area contributed by atoms with Gasteiger partial charge in [0.25, 0.3) is 0 Å². The Bertz CT molecular complexity index is 282. The normalized spacial score (nSPS) is 33.6. The first-order chi connectivity index (χ1) is 6.22. The maximum absolute atomic E-state index is 5.99. The number of allylic oxidation sites excluding steroid dienone is 5. The second-order valence-electron chi connectivity index (χ2n) is 4.00. The number of hydrogen-bond donors (Lipinski definition) is 0. The fraction of sp³-hybridized carbons (Fsp3) is 0.455. The Kier molecular flexibility index (Phi) is 2.26. The van der Waals surface area contributed by atoms with Crippen LogP contribution in [0.4, 0.5) is 0 Å². The predicted octanol–water partition coefficient (Wildman–Crippen LogP) is 2.96. The molecule has 1 aliphatic heterocycles. The smallest absolute Gasteiger partial charge is 0.221 e. The quantitative estimate of drug-likeness (QED) is 0.580. The van der Waals surface area contributed by atoms with Crippen molar-refractivity contribution in [3.63, 3.8) is 0 Å². The van der Waals surface area contributed by atoms with E-state index in [0.29, 0.717) is 0 Å².